The molecule has 0 aliphatic rings. The van der Waals surface area contributed by atoms with Crippen LogP contribution in [0.25, 0.3) is 0 Å². The summed E-state index contributed by atoms with van der Waals surface area (Å²) in [5, 5.41) is 2.82. The van der Waals surface area contributed by atoms with E-state index in [1.54, 1.807) is 11.8 Å². The lowest BCUT2D eigenvalue weighted by Gasteiger charge is -2.00. The lowest BCUT2D eigenvalue weighted by molar-refractivity contribution is -0.118. The molecule has 0 aliphatic heterocycles. The predicted molar refractivity (Wildman–Crippen MR) is 57.6 cm³/mol. The van der Waals surface area contributed by atoms with Crippen LogP contribution in [0.3, 0.4) is 0 Å². The van der Waals surface area contributed by atoms with Gasteiger partial charge in [-0.1, -0.05) is 27.2 Å². The number of carbonyl (C=O) groups excluding carboxylic acids is 1. The second kappa shape index (κ2) is 13.4. The molecule has 0 rings (SSSR count). The third-order valence-electron chi connectivity index (χ3n) is 1.13. The molecule has 3 heteroatoms. The largest absolute Gasteiger partial charge is 0.355 e. The molecular formula is C9H21NOS. The van der Waals surface area contributed by atoms with E-state index in [0.29, 0.717) is 5.75 Å². The van der Waals surface area contributed by atoms with Crippen LogP contribution in [0, 0.1) is 0 Å². The van der Waals surface area contributed by atoms with E-state index in [4.69, 9.17) is 0 Å². The molecule has 0 heterocycles. The molecule has 0 unspecified atom stereocenters. The van der Waals surface area contributed by atoms with Crippen molar-refractivity contribution in [1.82, 2.24) is 5.32 Å². The van der Waals surface area contributed by atoms with Crippen molar-refractivity contribution in [3.63, 3.8) is 0 Å². The number of amides is 1. The van der Waals surface area contributed by atoms with Gasteiger partial charge >= 0.3 is 0 Å². The maximum absolute atomic E-state index is 10.8. The lowest BCUT2D eigenvalue weighted by atomic mass is 10.3. The van der Waals surface area contributed by atoms with Gasteiger partial charge in [-0.2, -0.15) is 11.8 Å². The van der Waals surface area contributed by atoms with Crippen molar-refractivity contribution in [2.24, 2.45) is 0 Å². The summed E-state index contributed by atoms with van der Waals surface area (Å²) in [6, 6.07) is 0. The number of carbonyl (C=O) groups is 1. The molecule has 0 bridgehead atoms. The summed E-state index contributed by atoms with van der Waals surface area (Å²) < 4.78 is 0. The SMILES string of the molecule is CC.CCCCNC(=O)CSC. The number of hydrogen-bond donors (Lipinski definition) is 1. The quantitative estimate of drug-likeness (QED) is 0.676. The van der Waals surface area contributed by atoms with Gasteiger partial charge in [-0.25, -0.2) is 0 Å². The van der Waals surface area contributed by atoms with E-state index in [0.717, 1.165) is 19.4 Å². The Labute approximate surface area is 80.5 Å². The van der Waals surface area contributed by atoms with Crippen LogP contribution in [0.1, 0.15) is 33.6 Å². The molecule has 0 fully saturated rings. The molecule has 12 heavy (non-hydrogen) atoms. The number of rotatable bonds is 5. The van der Waals surface area contributed by atoms with Gasteiger partial charge < -0.3 is 5.32 Å². The molecule has 2 nitrogen and oxygen atoms in total. The fraction of sp³-hybridized carbons (Fsp3) is 0.889. The van der Waals surface area contributed by atoms with Gasteiger partial charge in [0.05, 0.1) is 5.75 Å². The zero-order valence-corrected chi connectivity index (χ0v) is 9.46. The minimum atomic E-state index is 0.154. The molecule has 0 saturated heterocycles. The summed E-state index contributed by atoms with van der Waals surface area (Å²) in [6.45, 7) is 6.94. The van der Waals surface area contributed by atoms with Gasteiger partial charge in [-0.15, -0.1) is 0 Å². The Hall–Kier alpha value is -0.180. The van der Waals surface area contributed by atoms with Crippen LogP contribution in [-0.4, -0.2) is 24.5 Å². The summed E-state index contributed by atoms with van der Waals surface area (Å²) in [5.41, 5.74) is 0. The van der Waals surface area contributed by atoms with Crippen LogP contribution < -0.4 is 5.32 Å². The Morgan fingerprint density at radius 3 is 2.42 bits per heavy atom. The van der Waals surface area contributed by atoms with E-state index in [1.807, 2.05) is 20.1 Å². The smallest absolute Gasteiger partial charge is 0.229 e. The van der Waals surface area contributed by atoms with Crippen molar-refractivity contribution in [3.8, 4) is 0 Å². The maximum Gasteiger partial charge on any atom is 0.229 e. The number of unbranched alkanes of at least 4 members (excludes halogenated alkanes) is 1. The van der Waals surface area contributed by atoms with Gasteiger partial charge in [0.15, 0.2) is 0 Å². The van der Waals surface area contributed by atoms with Gasteiger partial charge in [-0.3, -0.25) is 4.79 Å². The second-order valence-electron chi connectivity index (χ2n) is 2.14. The Morgan fingerprint density at radius 2 is 2.00 bits per heavy atom. The molecule has 0 aliphatic carbocycles. The van der Waals surface area contributed by atoms with Crippen molar-refractivity contribution >= 4 is 17.7 Å². The highest BCUT2D eigenvalue weighted by Gasteiger charge is 1.95. The summed E-state index contributed by atoms with van der Waals surface area (Å²) in [5.74, 6) is 0.741. The van der Waals surface area contributed by atoms with Crippen molar-refractivity contribution in [3.05, 3.63) is 0 Å². The Bertz CT molecular complexity index is 96.5. The highest BCUT2D eigenvalue weighted by molar-refractivity contribution is 7.99. The molecule has 0 aromatic rings. The van der Waals surface area contributed by atoms with Gasteiger partial charge in [-0.05, 0) is 12.7 Å². The highest BCUT2D eigenvalue weighted by Crippen LogP contribution is 1.89. The summed E-state index contributed by atoms with van der Waals surface area (Å²) in [6.07, 6.45) is 4.15. The molecule has 1 N–H and O–H groups in total. The third-order valence-corrected chi connectivity index (χ3v) is 1.68. The van der Waals surface area contributed by atoms with E-state index in [-0.39, 0.29) is 5.91 Å². The highest BCUT2D eigenvalue weighted by atomic mass is 32.2. The minimum Gasteiger partial charge on any atom is -0.355 e. The molecule has 0 aromatic heterocycles. The molecular weight excluding hydrogens is 170 g/mol. The minimum absolute atomic E-state index is 0.154. The summed E-state index contributed by atoms with van der Waals surface area (Å²) in [7, 11) is 0. The fourth-order valence-electron chi connectivity index (χ4n) is 0.587. The maximum atomic E-state index is 10.8. The van der Waals surface area contributed by atoms with Crippen LogP contribution in [0.2, 0.25) is 0 Å². The number of thioether (sulfide) groups is 1. The molecule has 0 spiro atoms. The number of nitrogens with one attached hydrogen (secondary N) is 1. The first kappa shape index (κ1) is 14.3. The van der Waals surface area contributed by atoms with Crippen LogP contribution in [-0.2, 0) is 4.79 Å². The van der Waals surface area contributed by atoms with Gasteiger partial charge in [0.1, 0.15) is 0 Å². The van der Waals surface area contributed by atoms with Gasteiger partial charge in [0.2, 0.25) is 5.91 Å². The molecule has 0 aromatic carbocycles. The standard InChI is InChI=1S/C7H15NOS.C2H6/c1-3-4-5-8-7(9)6-10-2;1-2/h3-6H2,1-2H3,(H,8,9);1-2H3. The van der Waals surface area contributed by atoms with E-state index < -0.39 is 0 Å². The lowest BCUT2D eigenvalue weighted by Crippen LogP contribution is -2.25. The zero-order valence-electron chi connectivity index (χ0n) is 8.64. The van der Waals surface area contributed by atoms with Gasteiger partial charge in [0.25, 0.3) is 0 Å². The average molecular weight is 191 g/mol. The van der Waals surface area contributed by atoms with Crippen LogP contribution in [0.4, 0.5) is 0 Å². The first-order valence-corrected chi connectivity index (χ1v) is 5.96. The summed E-state index contributed by atoms with van der Waals surface area (Å²) in [4.78, 5) is 10.8. The van der Waals surface area contributed by atoms with Crippen molar-refractivity contribution in [2.75, 3.05) is 18.6 Å². The van der Waals surface area contributed by atoms with E-state index in [9.17, 15) is 4.79 Å². The zero-order chi connectivity index (χ0) is 9.82. The monoisotopic (exact) mass is 191 g/mol. The van der Waals surface area contributed by atoms with Crippen molar-refractivity contribution in [1.29, 1.82) is 0 Å². The van der Waals surface area contributed by atoms with Crippen LogP contribution in [0.5, 0.6) is 0 Å². The Kier molecular flexibility index (Phi) is 16.0. The fourth-order valence-corrected chi connectivity index (χ4v) is 0.951. The first-order valence-electron chi connectivity index (χ1n) is 4.57. The average Bonchev–Trinajstić information content (AvgIpc) is 2.09. The Balaban J connectivity index is 0. The first-order chi connectivity index (χ1) is 5.81. The van der Waals surface area contributed by atoms with E-state index in [1.165, 1.54) is 0 Å². The predicted octanol–water partition coefficient (Wildman–Crippen LogP) is 2.29. The topological polar surface area (TPSA) is 29.1 Å². The van der Waals surface area contributed by atoms with Crippen molar-refractivity contribution in [2.45, 2.75) is 33.6 Å². The third kappa shape index (κ3) is 12.5. The Morgan fingerprint density at radius 1 is 1.42 bits per heavy atom. The normalized spacial score (nSPS) is 8.33. The van der Waals surface area contributed by atoms with Crippen LogP contribution >= 0.6 is 11.8 Å². The van der Waals surface area contributed by atoms with Gasteiger partial charge in [0, 0.05) is 6.54 Å². The second-order valence-corrected chi connectivity index (χ2v) is 3.00. The summed E-state index contributed by atoms with van der Waals surface area (Å²) >= 11 is 1.56. The van der Waals surface area contributed by atoms with Crippen molar-refractivity contribution < 1.29 is 4.79 Å². The molecule has 74 valence electrons. The molecule has 0 saturated carbocycles. The molecule has 0 radical (unpaired) electrons. The van der Waals surface area contributed by atoms with Crippen LogP contribution in [0.15, 0.2) is 0 Å². The number of hydrogen-bond acceptors (Lipinski definition) is 2. The molecule has 1 amide bonds. The van der Waals surface area contributed by atoms with E-state index >= 15 is 0 Å². The van der Waals surface area contributed by atoms with E-state index in [2.05, 4.69) is 12.2 Å². The molecule has 0 atom stereocenters.